The minimum atomic E-state index is -0.472. The summed E-state index contributed by atoms with van der Waals surface area (Å²) in [5.74, 6) is 0.489. The Hall–Kier alpha value is -1.26. The second-order valence-corrected chi connectivity index (χ2v) is 5.46. The van der Waals surface area contributed by atoms with Gasteiger partial charge in [-0.05, 0) is 24.1 Å². The molecule has 0 saturated heterocycles. The molecule has 0 bridgehead atoms. The molecule has 2 aromatic rings. The van der Waals surface area contributed by atoms with Crippen LogP contribution >= 0.6 is 23.2 Å². The summed E-state index contributed by atoms with van der Waals surface area (Å²) in [6, 6.07) is 4.87. The van der Waals surface area contributed by atoms with Gasteiger partial charge in [0.25, 0.3) is 0 Å². The number of alkyl halides is 1. The lowest BCUT2D eigenvalue weighted by Gasteiger charge is -2.21. The molecule has 2 N–H and O–H groups in total. The van der Waals surface area contributed by atoms with Crippen LogP contribution in [0.1, 0.15) is 25.7 Å². The average molecular weight is 300 g/mol. The second-order valence-electron chi connectivity index (χ2n) is 4.76. The number of carbonyl (C=O) groups excluding carboxylic acids is 1. The fourth-order valence-electron chi connectivity index (χ4n) is 2.28. The summed E-state index contributed by atoms with van der Waals surface area (Å²) in [5.41, 5.74) is 7.05. The van der Waals surface area contributed by atoms with Crippen molar-refractivity contribution in [3.05, 3.63) is 29.0 Å². The van der Waals surface area contributed by atoms with E-state index in [1.165, 1.54) is 0 Å². The standard InChI is InChI=1S/C13H15Cl2N3O/c1-7(2)12(13(16)19)18-10-4-3-8(15)5-9(10)17-11(18)6-14/h3-5,7,12H,6H2,1-2H3,(H2,16,19). The summed E-state index contributed by atoms with van der Waals surface area (Å²) >= 11 is 11.9. The largest absolute Gasteiger partial charge is 0.368 e. The second kappa shape index (κ2) is 5.39. The number of benzene rings is 1. The summed E-state index contributed by atoms with van der Waals surface area (Å²) in [7, 11) is 0. The van der Waals surface area contributed by atoms with E-state index in [0.29, 0.717) is 10.8 Å². The summed E-state index contributed by atoms with van der Waals surface area (Å²) < 4.78 is 1.81. The number of primary amides is 1. The Kier molecular flexibility index (Phi) is 4.02. The number of nitrogens with zero attached hydrogens (tertiary/aromatic N) is 2. The Morgan fingerprint density at radius 1 is 1.47 bits per heavy atom. The maximum Gasteiger partial charge on any atom is 0.240 e. The SMILES string of the molecule is CC(C)C(C(N)=O)n1c(CCl)nc2cc(Cl)ccc21. The van der Waals surface area contributed by atoms with E-state index in [9.17, 15) is 4.79 Å². The number of fused-ring (bicyclic) bond motifs is 1. The molecule has 4 nitrogen and oxygen atoms in total. The number of carbonyl (C=O) groups is 1. The van der Waals surface area contributed by atoms with Crippen molar-refractivity contribution in [2.45, 2.75) is 25.8 Å². The third kappa shape index (κ3) is 2.55. The van der Waals surface area contributed by atoms with Crippen molar-refractivity contribution >= 4 is 40.1 Å². The molecule has 0 radical (unpaired) electrons. The minimum absolute atomic E-state index is 0.0487. The van der Waals surface area contributed by atoms with Crippen LogP contribution in [0.5, 0.6) is 0 Å². The van der Waals surface area contributed by atoms with Crippen LogP contribution in [0.15, 0.2) is 18.2 Å². The summed E-state index contributed by atoms with van der Waals surface area (Å²) in [6.45, 7) is 3.88. The van der Waals surface area contributed by atoms with E-state index in [2.05, 4.69) is 4.98 Å². The third-order valence-electron chi connectivity index (χ3n) is 3.05. The molecular weight excluding hydrogens is 285 g/mol. The van der Waals surface area contributed by atoms with Crippen LogP contribution in [-0.4, -0.2) is 15.5 Å². The first-order valence-corrected chi connectivity index (χ1v) is 6.88. The fraction of sp³-hybridized carbons (Fsp3) is 0.385. The molecule has 0 spiro atoms. The molecule has 0 fully saturated rings. The van der Waals surface area contributed by atoms with Gasteiger partial charge in [-0.3, -0.25) is 4.79 Å². The van der Waals surface area contributed by atoms with E-state index in [1.807, 2.05) is 24.5 Å². The molecule has 1 heterocycles. The Labute approximate surface area is 121 Å². The number of rotatable bonds is 4. The third-order valence-corrected chi connectivity index (χ3v) is 3.52. The molecule has 1 atom stereocenters. The predicted molar refractivity (Wildman–Crippen MR) is 77.4 cm³/mol. The molecule has 2 rings (SSSR count). The van der Waals surface area contributed by atoms with Crippen molar-refractivity contribution < 1.29 is 4.79 Å². The zero-order chi connectivity index (χ0) is 14.2. The van der Waals surface area contributed by atoms with Gasteiger partial charge in [0.05, 0.1) is 16.9 Å². The number of hydrogen-bond acceptors (Lipinski definition) is 2. The van der Waals surface area contributed by atoms with Crippen LogP contribution in [0, 0.1) is 5.92 Å². The lowest BCUT2D eigenvalue weighted by Crippen LogP contribution is -2.31. The van der Waals surface area contributed by atoms with Gasteiger partial charge in [-0.1, -0.05) is 25.4 Å². The number of halogens is 2. The number of nitrogens with two attached hydrogens (primary N) is 1. The Morgan fingerprint density at radius 2 is 2.16 bits per heavy atom. The highest BCUT2D eigenvalue weighted by Crippen LogP contribution is 2.28. The normalized spacial score (nSPS) is 13.1. The zero-order valence-electron chi connectivity index (χ0n) is 10.7. The van der Waals surface area contributed by atoms with Crippen molar-refractivity contribution in [3.8, 4) is 0 Å². The van der Waals surface area contributed by atoms with Gasteiger partial charge in [-0.15, -0.1) is 11.6 Å². The number of hydrogen-bond donors (Lipinski definition) is 1. The van der Waals surface area contributed by atoms with Crippen molar-refractivity contribution in [3.63, 3.8) is 0 Å². The molecule has 102 valence electrons. The molecule has 1 amide bonds. The molecule has 1 aromatic heterocycles. The number of amides is 1. The summed E-state index contributed by atoms with van der Waals surface area (Å²) in [6.07, 6.45) is 0. The topological polar surface area (TPSA) is 60.9 Å². The van der Waals surface area contributed by atoms with Crippen LogP contribution in [0.2, 0.25) is 5.02 Å². The van der Waals surface area contributed by atoms with E-state index in [1.54, 1.807) is 12.1 Å². The first-order chi connectivity index (χ1) is 8.95. The monoisotopic (exact) mass is 299 g/mol. The first kappa shape index (κ1) is 14.2. The van der Waals surface area contributed by atoms with Crippen molar-refractivity contribution in [1.29, 1.82) is 0 Å². The van der Waals surface area contributed by atoms with Crippen LogP contribution in [-0.2, 0) is 10.7 Å². The number of imidazole rings is 1. The van der Waals surface area contributed by atoms with Crippen molar-refractivity contribution in [2.24, 2.45) is 11.7 Å². The van der Waals surface area contributed by atoms with Crippen LogP contribution in [0.3, 0.4) is 0 Å². The zero-order valence-corrected chi connectivity index (χ0v) is 12.2. The van der Waals surface area contributed by atoms with E-state index in [0.717, 1.165) is 11.0 Å². The van der Waals surface area contributed by atoms with Gasteiger partial charge >= 0.3 is 0 Å². The quantitative estimate of drug-likeness (QED) is 0.882. The van der Waals surface area contributed by atoms with Gasteiger partial charge in [0.15, 0.2) is 0 Å². The summed E-state index contributed by atoms with van der Waals surface area (Å²) in [4.78, 5) is 16.1. The lowest BCUT2D eigenvalue weighted by atomic mass is 10.0. The van der Waals surface area contributed by atoms with Crippen molar-refractivity contribution in [2.75, 3.05) is 0 Å². The molecule has 19 heavy (non-hydrogen) atoms. The Bertz CT molecular complexity index is 622. The molecule has 0 aliphatic carbocycles. The van der Waals surface area contributed by atoms with Crippen LogP contribution in [0.4, 0.5) is 0 Å². The highest BCUT2D eigenvalue weighted by Gasteiger charge is 2.26. The Balaban J connectivity index is 2.72. The fourth-order valence-corrected chi connectivity index (χ4v) is 2.64. The van der Waals surface area contributed by atoms with E-state index >= 15 is 0 Å². The van der Waals surface area contributed by atoms with Gasteiger partial charge in [-0.25, -0.2) is 4.98 Å². The van der Waals surface area contributed by atoms with Crippen LogP contribution < -0.4 is 5.73 Å². The van der Waals surface area contributed by atoms with Gasteiger partial charge in [0.2, 0.25) is 5.91 Å². The van der Waals surface area contributed by atoms with E-state index < -0.39 is 11.9 Å². The summed E-state index contributed by atoms with van der Waals surface area (Å²) in [5, 5.41) is 0.596. The van der Waals surface area contributed by atoms with Gasteiger partial charge in [0, 0.05) is 5.02 Å². The maximum atomic E-state index is 11.7. The molecular formula is C13H15Cl2N3O. The first-order valence-electron chi connectivity index (χ1n) is 5.97. The molecule has 0 aliphatic heterocycles. The molecule has 0 aliphatic rings. The molecule has 6 heteroatoms. The van der Waals surface area contributed by atoms with Crippen molar-refractivity contribution in [1.82, 2.24) is 9.55 Å². The van der Waals surface area contributed by atoms with E-state index in [4.69, 9.17) is 28.9 Å². The number of aromatic nitrogens is 2. The predicted octanol–water partition coefficient (Wildman–Crippen LogP) is 3.11. The maximum absolute atomic E-state index is 11.7. The van der Waals surface area contributed by atoms with Gasteiger partial charge in [0.1, 0.15) is 11.9 Å². The highest BCUT2D eigenvalue weighted by atomic mass is 35.5. The van der Waals surface area contributed by atoms with Crippen LogP contribution in [0.25, 0.3) is 11.0 Å². The van der Waals surface area contributed by atoms with Gasteiger partial charge in [-0.2, -0.15) is 0 Å². The minimum Gasteiger partial charge on any atom is -0.368 e. The van der Waals surface area contributed by atoms with E-state index in [-0.39, 0.29) is 11.8 Å². The molecule has 0 saturated carbocycles. The molecule has 1 unspecified atom stereocenters. The van der Waals surface area contributed by atoms with Gasteiger partial charge < -0.3 is 10.3 Å². The highest BCUT2D eigenvalue weighted by molar-refractivity contribution is 6.31. The lowest BCUT2D eigenvalue weighted by molar-refractivity contribution is -0.122. The Morgan fingerprint density at radius 3 is 2.68 bits per heavy atom. The molecule has 1 aromatic carbocycles. The average Bonchev–Trinajstić information content (AvgIpc) is 2.66. The smallest absolute Gasteiger partial charge is 0.240 e.